The van der Waals surface area contributed by atoms with Gasteiger partial charge in [0.25, 0.3) is 0 Å². The third kappa shape index (κ3) is 31.7. The monoisotopic (exact) mass is 466 g/mol. The van der Waals surface area contributed by atoms with E-state index in [4.69, 9.17) is 0 Å². The minimum atomic E-state index is -4.42. The molecule has 0 aromatic rings. The quantitative estimate of drug-likeness (QED) is 0.119. The van der Waals surface area contributed by atoms with Crippen LogP contribution in [0.1, 0.15) is 118 Å². The Morgan fingerprint density at radius 2 is 1.39 bits per heavy atom. The van der Waals surface area contributed by atoms with E-state index in [0.29, 0.717) is 12.2 Å². The summed E-state index contributed by atoms with van der Waals surface area (Å²) in [5.74, 6) is 1.28. The molecule has 0 aromatic carbocycles. The first kappa shape index (κ1) is 32.6. The largest absolute Gasteiger partial charge is 0.726 e. The Labute approximate surface area is 192 Å². The van der Waals surface area contributed by atoms with Crippen molar-refractivity contribution in [2.45, 2.75) is 124 Å². The van der Waals surface area contributed by atoms with E-state index in [1.807, 2.05) is 0 Å². The van der Waals surface area contributed by atoms with Crippen LogP contribution in [0.5, 0.6) is 0 Å². The topological polar surface area (TPSA) is 123 Å². The Morgan fingerprint density at radius 3 is 1.77 bits per heavy atom. The van der Waals surface area contributed by atoms with Gasteiger partial charge >= 0.3 is 0 Å². The van der Waals surface area contributed by atoms with E-state index >= 15 is 0 Å². The molecule has 4 N–H and O–H groups in total. The highest BCUT2D eigenvalue weighted by Gasteiger charge is 2.04. The number of carbonyl (C=O) groups is 1. The molecule has 0 bridgehead atoms. The van der Waals surface area contributed by atoms with E-state index in [2.05, 4.69) is 36.0 Å². The van der Waals surface area contributed by atoms with Crippen LogP contribution in [-0.4, -0.2) is 38.1 Å². The lowest BCUT2D eigenvalue weighted by Crippen LogP contribution is -2.67. The Hall–Kier alpha value is -0.540. The van der Waals surface area contributed by atoms with Crippen LogP contribution in [-0.2, 0) is 19.4 Å². The molecule has 0 aromatic heterocycles. The molecule has 1 atom stereocenters. The summed E-state index contributed by atoms with van der Waals surface area (Å²) in [5, 5.41) is 3.28. The Balaban J connectivity index is 0. The SMILES string of the molecule is CCC([NH3+])NCCC(=O)CCCCCCCCCCCCC(C)C.CCOS(=O)(=O)[O-]. The zero-order valence-electron chi connectivity index (χ0n) is 20.6. The van der Waals surface area contributed by atoms with Gasteiger partial charge in [0.05, 0.1) is 6.61 Å². The second-order valence-corrected chi connectivity index (χ2v) is 9.68. The molecule has 0 aliphatic carbocycles. The maximum absolute atomic E-state index is 11.8. The van der Waals surface area contributed by atoms with Crippen LogP contribution in [0, 0.1) is 5.92 Å². The minimum Gasteiger partial charge on any atom is -0.726 e. The summed E-state index contributed by atoms with van der Waals surface area (Å²) in [6.07, 6.45) is 17.5. The van der Waals surface area contributed by atoms with Crippen molar-refractivity contribution in [3.63, 3.8) is 0 Å². The van der Waals surface area contributed by atoms with Gasteiger partial charge in [-0.05, 0) is 19.3 Å². The lowest BCUT2D eigenvalue weighted by atomic mass is 10.0. The number of Topliss-reactive ketones (excluding diaryl/α,β-unsaturated/α-hetero) is 1. The number of carbonyl (C=O) groups excluding carboxylic acids is 1. The lowest BCUT2D eigenvalue weighted by molar-refractivity contribution is -0.429. The Bertz CT molecular complexity index is 498. The average molecular weight is 467 g/mol. The van der Waals surface area contributed by atoms with Crippen molar-refractivity contribution >= 4 is 16.2 Å². The van der Waals surface area contributed by atoms with Gasteiger partial charge in [0, 0.05) is 25.8 Å². The standard InChI is InChI=1S/C21H44N2O.C2H6O4S/c1-4-21(22)23-18-17-20(24)16-14-12-10-8-6-5-7-9-11-13-15-19(2)3;1-2-6-7(3,4)5/h19,21,23H,4-18,22H2,1-3H3;2H2,1H3,(H,3,4,5). The van der Waals surface area contributed by atoms with Crippen molar-refractivity contribution in [1.82, 2.24) is 5.32 Å². The molecular weight excluding hydrogens is 416 g/mol. The van der Waals surface area contributed by atoms with Crippen LogP contribution in [0.25, 0.3) is 0 Å². The van der Waals surface area contributed by atoms with Crippen LogP contribution in [0.4, 0.5) is 0 Å². The zero-order valence-corrected chi connectivity index (χ0v) is 21.4. The fourth-order valence-corrected chi connectivity index (χ4v) is 3.41. The van der Waals surface area contributed by atoms with Gasteiger partial charge in [0.15, 0.2) is 0 Å². The lowest BCUT2D eigenvalue weighted by Gasteiger charge is -2.07. The van der Waals surface area contributed by atoms with Crippen molar-refractivity contribution in [1.29, 1.82) is 0 Å². The molecule has 0 saturated carbocycles. The number of ketones is 1. The summed E-state index contributed by atoms with van der Waals surface area (Å²) < 4.78 is 32.0. The fraction of sp³-hybridized carbons (Fsp3) is 0.957. The van der Waals surface area contributed by atoms with Gasteiger partial charge in [-0.2, -0.15) is 0 Å². The van der Waals surface area contributed by atoms with Crippen LogP contribution in [0.3, 0.4) is 0 Å². The van der Waals surface area contributed by atoms with E-state index in [0.717, 1.165) is 31.7 Å². The summed E-state index contributed by atoms with van der Waals surface area (Å²) >= 11 is 0. The van der Waals surface area contributed by atoms with E-state index in [1.54, 1.807) is 0 Å². The van der Waals surface area contributed by atoms with Crippen LogP contribution in [0.15, 0.2) is 0 Å². The van der Waals surface area contributed by atoms with Gasteiger partial charge in [-0.1, -0.05) is 85.0 Å². The third-order valence-corrected chi connectivity index (χ3v) is 5.60. The molecule has 0 spiro atoms. The summed E-state index contributed by atoms with van der Waals surface area (Å²) in [6, 6.07) is 0. The smallest absolute Gasteiger partial charge is 0.217 e. The second kappa shape index (κ2) is 22.6. The summed E-state index contributed by atoms with van der Waals surface area (Å²) in [4.78, 5) is 11.8. The number of quaternary nitrogens is 1. The first-order valence-corrected chi connectivity index (χ1v) is 13.6. The van der Waals surface area contributed by atoms with Crippen LogP contribution < -0.4 is 11.1 Å². The first-order chi connectivity index (χ1) is 14.6. The molecule has 7 nitrogen and oxygen atoms in total. The normalized spacial score (nSPS) is 12.5. The average Bonchev–Trinajstić information content (AvgIpc) is 2.68. The molecule has 1 unspecified atom stereocenters. The van der Waals surface area contributed by atoms with Gasteiger partial charge in [-0.25, -0.2) is 8.42 Å². The molecule has 31 heavy (non-hydrogen) atoms. The third-order valence-electron chi connectivity index (χ3n) is 5.08. The maximum Gasteiger partial charge on any atom is 0.217 e. The van der Waals surface area contributed by atoms with Crippen molar-refractivity contribution < 1.29 is 27.7 Å². The highest BCUT2D eigenvalue weighted by atomic mass is 32.3. The molecule has 0 saturated heterocycles. The predicted molar refractivity (Wildman–Crippen MR) is 126 cm³/mol. The number of hydrogen-bond donors (Lipinski definition) is 2. The zero-order chi connectivity index (χ0) is 24.0. The van der Waals surface area contributed by atoms with Gasteiger partial charge < -0.3 is 10.3 Å². The van der Waals surface area contributed by atoms with Gasteiger partial charge in [0.2, 0.25) is 10.4 Å². The molecule has 188 valence electrons. The number of hydrogen-bond acceptors (Lipinski definition) is 6. The minimum absolute atomic E-state index is 0.0914. The molecule has 8 heteroatoms. The predicted octanol–water partition coefficient (Wildman–Crippen LogP) is 4.33. The number of rotatable bonds is 20. The molecule has 0 amide bonds. The number of unbranched alkanes of at least 4 members (excludes halogenated alkanes) is 9. The Kier molecular flexibility index (Phi) is 23.8. The number of nitrogens with one attached hydrogen (secondary N) is 1. The highest BCUT2D eigenvalue weighted by molar-refractivity contribution is 7.80. The van der Waals surface area contributed by atoms with Crippen molar-refractivity contribution in [2.75, 3.05) is 13.2 Å². The molecule has 0 heterocycles. The van der Waals surface area contributed by atoms with Crippen LogP contribution in [0.2, 0.25) is 0 Å². The Morgan fingerprint density at radius 1 is 0.903 bits per heavy atom. The molecule has 0 fully saturated rings. The van der Waals surface area contributed by atoms with E-state index < -0.39 is 10.4 Å². The first-order valence-electron chi connectivity index (χ1n) is 12.3. The molecule has 0 aliphatic heterocycles. The summed E-state index contributed by atoms with van der Waals surface area (Å²) in [5.41, 5.74) is 3.97. The second-order valence-electron chi connectivity index (χ2n) is 8.63. The molecule has 0 rings (SSSR count). The molecule has 0 radical (unpaired) electrons. The van der Waals surface area contributed by atoms with Gasteiger partial charge in [-0.15, -0.1) is 0 Å². The van der Waals surface area contributed by atoms with Crippen LogP contribution >= 0.6 is 0 Å². The molecule has 0 aliphatic rings. The molecular formula is C23H50N2O5S. The highest BCUT2D eigenvalue weighted by Crippen LogP contribution is 2.13. The van der Waals surface area contributed by atoms with E-state index in [-0.39, 0.29) is 12.8 Å². The maximum atomic E-state index is 11.8. The fourth-order valence-electron chi connectivity index (χ4n) is 3.12. The van der Waals surface area contributed by atoms with Gasteiger partial charge in [-0.3, -0.25) is 14.3 Å². The van der Waals surface area contributed by atoms with Crippen molar-refractivity contribution in [3.05, 3.63) is 0 Å². The van der Waals surface area contributed by atoms with Crippen molar-refractivity contribution in [3.8, 4) is 0 Å². The van der Waals surface area contributed by atoms with E-state index in [1.165, 1.54) is 71.1 Å². The summed E-state index contributed by atoms with van der Waals surface area (Å²) in [7, 11) is -4.42. The van der Waals surface area contributed by atoms with Crippen molar-refractivity contribution in [2.24, 2.45) is 5.92 Å². The summed E-state index contributed by atoms with van der Waals surface area (Å²) in [6.45, 7) is 8.86. The van der Waals surface area contributed by atoms with E-state index in [9.17, 15) is 17.8 Å². The van der Waals surface area contributed by atoms with Gasteiger partial charge in [0.1, 0.15) is 11.9 Å².